The Morgan fingerprint density at radius 2 is 2.22 bits per heavy atom. The SMILES string of the molecule is CCCC#Cc1ccc([N+](=O)[O-])cc1OC(C)=O. The minimum absolute atomic E-state index is 0.125. The number of nitro benzene ring substituents is 1. The highest BCUT2D eigenvalue weighted by Gasteiger charge is 2.12. The topological polar surface area (TPSA) is 69.4 Å². The molecule has 0 spiro atoms. The molecule has 5 heteroatoms. The first-order chi connectivity index (χ1) is 8.54. The van der Waals surface area contributed by atoms with Gasteiger partial charge < -0.3 is 4.74 Å². The summed E-state index contributed by atoms with van der Waals surface area (Å²) in [5.74, 6) is 5.33. The van der Waals surface area contributed by atoms with E-state index in [1.807, 2.05) is 6.92 Å². The fraction of sp³-hybridized carbons (Fsp3) is 0.308. The zero-order valence-corrected chi connectivity index (χ0v) is 10.2. The van der Waals surface area contributed by atoms with E-state index >= 15 is 0 Å². The van der Waals surface area contributed by atoms with E-state index in [-0.39, 0.29) is 11.4 Å². The van der Waals surface area contributed by atoms with Crippen molar-refractivity contribution in [1.29, 1.82) is 0 Å². The Morgan fingerprint density at radius 1 is 1.50 bits per heavy atom. The van der Waals surface area contributed by atoms with Crippen LogP contribution in [0.1, 0.15) is 32.3 Å². The van der Waals surface area contributed by atoms with Gasteiger partial charge in [0.05, 0.1) is 16.6 Å². The average molecular weight is 247 g/mol. The number of hydrogen-bond donors (Lipinski definition) is 0. The van der Waals surface area contributed by atoms with E-state index in [9.17, 15) is 14.9 Å². The summed E-state index contributed by atoms with van der Waals surface area (Å²) < 4.78 is 4.92. The van der Waals surface area contributed by atoms with Crippen molar-refractivity contribution >= 4 is 11.7 Å². The number of non-ortho nitro benzene ring substituents is 1. The van der Waals surface area contributed by atoms with Crippen LogP contribution in [0.15, 0.2) is 18.2 Å². The second-order valence-corrected chi connectivity index (χ2v) is 3.58. The van der Waals surface area contributed by atoms with E-state index in [1.165, 1.54) is 25.1 Å². The van der Waals surface area contributed by atoms with Crippen molar-refractivity contribution in [2.75, 3.05) is 0 Å². The molecule has 0 N–H and O–H groups in total. The van der Waals surface area contributed by atoms with Gasteiger partial charge in [-0.2, -0.15) is 0 Å². The Balaban J connectivity index is 3.13. The fourth-order valence-electron chi connectivity index (χ4n) is 1.25. The highest BCUT2D eigenvalue weighted by atomic mass is 16.6. The predicted molar refractivity (Wildman–Crippen MR) is 66.2 cm³/mol. The van der Waals surface area contributed by atoms with E-state index in [0.717, 1.165) is 12.8 Å². The van der Waals surface area contributed by atoms with Crippen LogP contribution in [0.5, 0.6) is 5.75 Å². The van der Waals surface area contributed by atoms with E-state index in [1.54, 1.807) is 0 Å². The molecule has 0 bridgehead atoms. The molecule has 18 heavy (non-hydrogen) atoms. The number of hydrogen-bond acceptors (Lipinski definition) is 4. The van der Waals surface area contributed by atoms with E-state index in [0.29, 0.717) is 5.56 Å². The van der Waals surface area contributed by atoms with Gasteiger partial charge in [0.1, 0.15) is 0 Å². The maximum Gasteiger partial charge on any atom is 0.308 e. The van der Waals surface area contributed by atoms with Crippen LogP contribution in [-0.4, -0.2) is 10.9 Å². The molecule has 5 nitrogen and oxygen atoms in total. The van der Waals surface area contributed by atoms with Crippen molar-refractivity contribution in [2.45, 2.75) is 26.7 Å². The lowest BCUT2D eigenvalue weighted by Gasteiger charge is -2.03. The third-order valence-electron chi connectivity index (χ3n) is 2.03. The maximum absolute atomic E-state index is 10.9. The highest BCUT2D eigenvalue weighted by molar-refractivity contribution is 5.71. The van der Waals surface area contributed by atoms with Crippen LogP contribution < -0.4 is 4.74 Å². The zero-order valence-electron chi connectivity index (χ0n) is 10.2. The third kappa shape index (κ3) is 3.91. The van der Waals surface area contributed by atoms with Gasteiger partial charge in [0.2, 0.25) is 0 Å². The molecule has 0 saturated heterocycles. The van der Waals surface area contributed by atoms with E-state index in [2.05, 4.69) is 11.8 Å². The highest BCUT2D eigenvalue weighted by Crippen LogP contribution is 2.24. The average Bonchev–Trinajstić information content (AvgIpc) is 2.30. The van der Waals surface area contributed by atoms with Crippen LogP contribution >= 0.6 is 0 Å². The quantitative estimate of drug-likeness (QED) is 0.271. The van der Waals surface area contributed by atoms with Crippen LogP contribution in [0, 0.1) is 22.0 Å². The summed E-state index contributed by atoms with van der Waals surface area (Å²) in [7, 11) is 0. The normalized spacial score (nSPS) is 9.22. The second-order valence-electron chi connectivity index (χ2n) is 3.58. The van der Waals surface area contributed by atoms with Crippen LogP contribution in [0.2, 0.25) is 0 Å². The summed E-state index contributed by atoms with van der Waals surface area (Å²) in [5.41, 5.74) is 0.344. The summed E-state index contributed by atoms with van der Waals surface area (Å²) >= 11 is 0. The van der Waals surface area contributed by atoms with Crippen LogP contribution in [-0.2, 0) is 4.79 Å². The van der Waals surface area contributed by atoms with Gasteiger partial charge in [-0.3, -0.25) is 14.9 Å². The number of benzene rings is 1. The van der Waals surface area contributed by atoms with E-state index < -0.39 is 10.9 Å². The van der Waals surface area contributed by atoms with Crippen molar-refractivity contribution in [1.82, 2.24) is 0 Å². The summed E-state index contributed by atoms with van der Waals surface area (Å²) in [6.07, 6.45) is 1.64. The number of carbonyl (C=O) groups is 1. The molecule has 0 radical (unpaired) electrons. The molecule has 0 fully saturated rings. The van der Waals surface area contributed by atoms with Crippen molar-refractivity contribution in [3.8, 4) is 17.6 Å². The van der Waals surface area contributed by atoms with Crippen molar-refractivity contribution < 1.29 is 14.5 Å². The Hall–Kier alpha value is -2.35. The Kier molecular flexibility index (Phi) is 4.88. The summed E-state index contributed by atoms with van der Waals surface area (Å²) in [5, 5.41) is 10.6. The van der Waals surface area contributed by atoms with Gasteiger partial charge in [0, 0.05) is 19.4 Å². The first-order valence-corrected chi connectivity index (χ1v) is 5.50. The molecule has 0 aliphatic heterocycles. The predicted octanol–water partition coefficient (Wildman–Crippen LogP) is 2.67. The fourth-order valence-corrected chi connectivity index (χ4v) is 1.25. The first kappa shape index (κ1) is 13.7. The van der Waals surface area contributed by atoms with E-state index in [4.69, 9.17) is 4.74 Å². The molecule has 0 saturated carbocycles. The van der Waals surface area contributed by atoms with Crippen molar-refractivity contribution in [3.05, 3.63) is 33.9 Å². The molecule has 94 valence electrons. The van der Waals surface area contributed by atoms with Gasteiger partial charge in [-0.05, 0) is 12.5 Å². The lowest BCUT2D eigenvalue weighted by molar-refractivity contribution is -0.384. The first-order valence-electron chi connectivity index (χ1n) is 5.50. The molecule has 0 unspecified atom stereocenters. The lowest BCUT2D eigenvalue weighted by atomic mass is 10.1. The van der Waals surface area contributed by atoms with Crippen molar-refractivity contribution in [2.24, 2.45) is 0 Å². The third-order valence-corrected chi connectivity index (χ3v) is 2.03. The molecule has 0 aliphatic carbocycles. The molecule has 0 aromatic heterocycles. The molecule has 1 rings (SSSR count). The van der Waals surface area contributed by atoms with Gasteiger partial charge >= 0.3 is 5.97 Å². The summed E-state index contributed by atoms with van der Waals surface area (Å²) in [6, 6.07) is 4.03. The van der Waals surface area contributed by atoms with Crippen molar-refractivity contribution in [3.63, 3.8) is 0 Å². The smallest absolute Gasteiger partial charge is 0.308 e. The van der Waals surface area contributed by atoms with Gasteiger partial charge in [-0.1, -0.05) is 18.8 Å². The monoisotopic (exact) mass is 247 g/mol. The molecular formula is C13H13NO4. The number of esters is 1. The largest absolute Gasteiger partial charge is 0.425 e. The molecule has 1 aromatic rings. The molecule has 1 aromatic carbocycles. The van der Waals surface area contributed by atoms with Gasteiger partial charge in [0.25, 0.3) is 5.69 Å². The molecule has 0 aliphatic rings. The number of carbonyl (C=O) groups excluding carboxylic acids is 1. The standard InChI is InChI=1S/C13H13NO4/c1-3-4-5-6-11-7-8-12(14(16)17)9-13(11)18-10(2)15/h7-9H,3-4H2,1-2H3. The van der Waals surface area contributed by atoms with Gasteiger partial charge in [-0.25, -0.2) is 0 Å². The van der Waals surface area contributed by atoms with Crippen LogP contribution in [0.25, 0.3) is 0 Å². The summed E-state index contributed by atoms with van der Waals surface area (Å²) in [6.45, 7) is 3.24. The second kappa shape index (κ2) is 6.40. The maximum atomic E-state index is 10.9. The molecule has 0 amide bonds. The molecule has 0 heterocycles. The Bertz CT molecular complexity index is 526. The summed E-state index contributed by atoms with van der Waals surface area (Å²) in [4.78, 5) is 21.0. The number of ether oxygens (including phenoxy) is 1. The van der Waals surface area contributed by atoms with Gasteiger partial charge in [-0.15, -0.1) is 0 Å². The van der Waals surface area contributed by atoms with Crippen LogP contribution in [0.3, 0.4) is 0 Å². The number of rotatable bonds is 3. The molecular weight excluding hydrogens is 234 g/mol. The minimum atomic E-state index is -0.545. The minimum Gasteiger partial charge on any atom is -0.425 e. The lowest BCUT2D eigenvalue weighted by Crippen LogP contribution is -2.03. The molecule has 0 atom stereocenters. The number of nitro groups is 1. The van der Waals surface area contributed by atoms with Crippen LogP contribution in [0.4, 0.5) is 5.69 Å². The van der Waals surface area contributed by atoms with Gasteiger partial charge in [0.15, 0.2) is 5.75 Å². The Labute approximate surface area is 105 Å². The number of nitrogens with zero attached hydrogens (tertiary/aromatic N) is 1. The zero-order chi connectivity index (χ0) is 13.5. The Morgan fingerprint density at radius 3 is 2.78 bits per heavy atom. The number of unbranched alkanes of at least 4 members (excludes halogenated alkanes) is 1.